The molecule has 2 atom stereocenters. The van der Waals surface area contributed by atoms with Gasteiger partial charge in [-0.3, -0.25) is 0 Å². The van der Waals surface area contributed by atoms with E-state index in [1.165, 1.54) is 12.1 Å². The number of carboxylic acids is 1. The molecule has 0 bridgehead atoms. The number of hydrogen-bond donors (Lipinski definition) is 1. The summed E-state index contributed by atoms with van der Waals surface area (Å²) in [4.78, 5) is 14.2. The summed E-state index contributed by atoms with van der Waals surface area (Å²) >= 11 is 0. The van der Waals surface area contributed by atoms with Gasteiger partial charge in [0, 0.05) is 0 Å². The molecule has 2 rings (SSSR count). The van der Waals surface area contributed by atoms with E-state index in [1.807, 2.05) is 6.92 Å². The first-order valence-electron chi connectivity index (χ1n) is 7.13. The molecule has 0 saturated heterocycles. The topological polar surface area (TPSA) is 108 Å². The number of carbonyl (C=O) groups is 1. The van der Waals surface area contributed by atoms with E-state index in [9.17, 15) is 13.2 Å². The highest BCUT2D eigenvalue weighted by Gasteiger charge is 2.45. The van der Waals surface area contributed by atoms with Crippen LogP contribution in [-0.2, 0) is 14.6 Å². The van der Waals surface area contributed by atoms with E-state index in [2.05, 4.69) is 4.79 Å². The molecule has 1 fully saturated rings. The largest absolute Gasteiger partial charge is 0.473 e. The van der Waals surface area contributed by atoms with E-state index < -0.39 is 32.7 Å². The molecule has 1 aliphatic carbocycles. The fraction of sp³-hybridized carbons (Fsp3) is 0.467. The quantitative estimate of drug-likeness (QED) is 0.520. The Bertz CT molecular complexity index is 718. The van der Waals surface area contributed by atoms with Gasteiger partial charge in [-0.25, -0.2) is 13.2 Å². The van der Waals surface area contributed by atoms with E-state index in [4.69, 9.17) is 10.6 Å². The predicted octanol–water partition coefficient (Wildman–Crippen LogP) is 2.08. The second-order valence-corrected chi connectivity index (χ2v) is 7.74. The number of nitrogens with zero attached hydrogens (tertiary/aromatic N) is 2. The predicted molar refractivity (Wildman–Crippen MR) is 80.4 cm³/mol. The van der Waals surface area contributed by atoms with Gasteiger partial charge in [-0.15, -0.1) is 0 Å². The van der Waals surface area contributed by atoms with Gasteiger partial charge in [-0.1, -0.05) is 30.5 Å². The second kappa shape index (κ2) is 6.42. The average Bonchev–Trinajstić information content (AvgIpc) is 2.48. The summed E-state index contributed by atoms with van der Waals surface area (Å²) in [6.07, 6.45) is 2.19. The zero-order valence-corrected chi connectivity index (χ0v) is 13.1. The van der Waals surface area contributed by atoms with Crippen LogP contribution < -0.4 is 0 Å². The number of aryl methyl sites for hydroxylation is 1. The van der Waals surface area contributed by atoms with Crippen molar-refractivity contribution >= 4 is 21.5 Å². The van der Waals surface area contributed by atoms with Crippen molar-refractivity contribution < 1.29 is 23.1 Å². The lowest BCUT2D eigenvalue weighted by molar-refractivity contribution is -0.135. The van der Waals surface area contributed by atoms with Crippen LogP contribution in [0.25, 0.3) is 5.53 Å². The number of hydrogen-bond acceptors (Lipinski definition) is 3. The summed E-state index contributed by atoms with van der Waals surface area (Å²) in [6, 6.07) is 6.49. The van der Waals surface area contributed by atoms with E-state index in [1.54, 1.807) is 12.1 Å². The first kappa shape index (κ1) is 16.4. The van der Waals surface area contributed by atoms with Crippen LogP contribution in [-0.4, -0.2) is 35.2 Å². The molecule has 0 spiro atoms. The highest BCUT2D eigenvalue weighted by atomic mass is 32.2. The smallest absolute Gasteiger partial charge is 0.414 e. The van der Waals surface area contributed by atoms with Gasteiger partial charge in [0.2, 0.25) is 0 Å². The van der Waals surface area contributed by atoms with Crippen LogP contribution >= 0.6 is 0 Å². The Balaban J connectivity index is 2.44. The van der Waals surface area contributed by atoms with Crippen LogP contribution in [0.4, 0.5) is 0 Å². The van der Waals surface area contributed by atoms with Gasteiger partial charge in [0.15, 0.2) is 9.84 Å². The Morgan fingerprint density at radius 1 is 1.23 bits per heavy atom. The van der Waals surface area contributed by atoms with Crippen molar-refractivity contribution in [2.24, 2.45) is 5.92 Å². The highest BCUT2D eigenvalue weighted by Crippen LogP contribution is 2.34. The van der Waals surface area contributed by atoms with Gasteiger partial charge in [0.05, 0.1) is 16.1 Å². The highest BCUT2D eigenvalue weighted by molar-refractivity contribution is 7.92. The van der Waals surface area contributed by atoms with Gasteiger partial charge >= 0.3 is 11.7 Å². The molecule has 0 aliphatic heterocycles. The summed E-state index contributed by atoms with van der Waals surface area (Å²) < 4.78 is 25.6. The standard InChI is InChI=1S/C15H18N2O4S/c1-10-6-8-11(9-7-10)22(20,21)13-5-3-2-4-12(13)14(17-16)15(18)19/h6-9,12-13H,2-5H2,1H3,(H,18,19). The van der Waals surface area contributed by atoms with Gasteiger partial charge < -0.3 is 10.6 Å². The van der Waals surface area contributed by atoms with Crippen LogP contribution in [0.2, 0.25) is 0 Å². The van der Waals surface area contributed by atoms with Crippen molar-refractivity contribution in [2.75, 3.05) is 0 Å². The summed E-state index contributed by atoms with van der Waals surface area (Å²) in [7, 11) is -3.67. The Kier molecular flexibility index (Phi) is 4.78. The molecule has 0 amide bonds. The molecule has 6 nitrogen and oxygen atoms in total. The Hall–Kier alpha value is -1.98. The Morgan fingerprint density at radius 2 is 1.82 bits per heavy atom. The number of benzene rings is 1. The van der Waals surface area contributed by atoms with Crippen molar-refractivity contribution in [1.29, 1.82) is 0 Å². The molecule has 1 N–H and O–H groups in total. The zero-order chi connectivity index (χ0) is 16.3. The molecule has 22 heavy (non-hydrogen) atoms. The summed E-state index contributed by atoms with van der Waals surface area (Å²) in [5.41, 5.74) is 9.43. The molecule has 7 heteroatoms. The minimum absolute atomic E-state index is 0.178. The van der Waals surface area contributed by atoms with E-state index >= 15 is 0 Å². The van der Waals surface area contributed by atoms with Crippen molar-refractivity contribution in [1.82, 2.24) is 0 Å². The number of sulfone groups is 1. The third kappa shape index (κ3) is 3.10. The van der Waals surface area contributed by atoms with Crippen LogP contribution in [0.5, 0.6) is 0 Å². The lowest BCUT2D eigenvalue weighted by atomic mass is 9.85. The molecule has 0 radical (unpaired) electrons. The molecule has 1 saturated carbocycles. The van der Waals surface area contributed by atoms with Gasteiger partial charge in [-0.05, 0) is 31.9 Å². The van der Waals surface area contributed by atoms with Gasteiger partial charge in [-0.2, -0.15) is 4.79 Å². The molecular formula is C15H18N2O4S. The maximum Gasteiger partial charge on any atom is 0.414 e. The van der Waals surface area contributed by atoms with Gasteiger partial charge in [0.1, 0.15) is 0 Å². The fourth-order valence-electron chi connectivity index (χ4n) is 2.96. The second-order valence-electron chi connectivity index (χ2n) is 5.58. The van der Waals surface area contributed by atoms with Crippen molar-refractivity contribution in [3.8, 4) is 0 Å². The molecule has 1 aliphatic rings. The van der Waals surface area contributed by atoms with Gasteiger partial charge in [0.25, 0.3) is 0 Å². The SMILES string of the molecule is Cc1ccc(S(=O)(=O)C2CCCCC2C(=[N+]=[N-])C(=O)O)cc1. The molecule has 118 valence electrons. The maximum atomic E-state index is 12.8. The lowest BCUT2D eigenvalue weighted by Crippen LogP contribution is -2.41. The van der Waals surface area contributed by atoms with Crippen LogP contribution in [0, 0.1) is 12.8 Å². The molecule has 1 aromatic carbocycles. The van der Waals surface area contributed by atoms with Crippen LogP contribution in [0.3, 0.4) is 0 Å². The Morgan fingerprint density at radius 3 is 2.36 bits per heavy atom. The summed E-state index contributed by atoms with van der Waals surface area (Å²) in [5.74, 6) is -2.17. The fourth-order valence-corrected chi connectivity index (χ4v) is 5.00. The minimum Gasteiger partial charge on any atom is -0.473 e. The monoisotopic (exact) mass is 322 g/mol. The average molecular weight is 322 g/mol. The molecule has 2 unspecified atom stereocenters. The first-order chi connectivity index (χ1) is 10.4. The zero-order valence-electron chi connectivity index (χ0n) is 12.3. The normalized spacial score (nSPS) is 21.9. The third-order valence-corrected chi connectivity index (χ3v) is 6.42. The minimum atomic E-state index is -3.67. The lowest BCUT2D eigenvalue weighted by Gasteiger charge is -2.27. The third-order valence-electron chi connectivity index (χ3n) is 4.13. The summed E-state index contributed by atoms with van der Waals surface area (Å²) in [5, 5.41) is 8.26. The van der Waals surface area contributed by atoms with Crippen molar-refractivity contribution in [3.63, 3.8) is 0 Å². The number of aliphatic carboxylic acids is 1. The Labute approximate surface area is 129 Å². The number of rotatable bonds is 4. The van der Waals surface area contributed by atoms with Crippen molar-refractivity contribution in [2.45, 2.75) is 42.8 Å². The van der Waals surface area contributed by atoms with Crippen molar-refractivity contribution in [3.05, 3.63) is 35.4 Å². The van der Waals surface area contributed by atoms with E-state index in [-0.39, 0.29) is 4.90 Å². The molecule has 0 aromatic heterocycles. The molecule has 1 aromatic rings. The van der Waals surface area contributed by atoms with Crippen LogP contribution in [0.1, 0.15) is 31.2 Å². The number of carboxylic acid groups (broad SMARTS) is 1. The summed E-state index contributed by atoms with van der Waals surface area (Å²) in [6.45, 7) is 1.86. The van der Waals surface area contributed by atoms with E-state index in [0.717, 1.165) is 12.0 Å². The van der Waals surface area contributed by atoms with Crippen LogP contribution in [0.15, 0.2) is 29.2 Å². The molecule has 0 heterocycles. The molecular weight excluding hydrogens is 304 g/mol. The maximum absolute atomic E-state index is 12.8. The first-order valence-corrected chi connectivity index (χ1v) is 8.68. The van der Waals surface area contributed by atoms with E-state index in [0.29, 0.717) is 19.3 Å².